The van der Waals surface area contributed by atoms with E-state index < -0.39 is 0 Å². The molecule has 0 heterocycles. The highest BCUT2D eigenvalue weighted by Gasteiger charge is 2.42. The smallest absolute Gasteiger partial charge is 0.123 e. The molecule has 0 amide bonds. The standard InChI is InChI=1S/C16H24FNO/c1-3-12-18-15(13-6-8-14(17)9-7-13)16(19-2)10-4-5-11-16/h6-9,15,18H,3-5,10-12H2,1-2H3. The van der Waals surface area contributed by atoms with Crippen molar-refractivity contribution in [1.29, 1.82) is 0 Å². The van der Waals surface area contributed by atoms with E-state index in [4.69, 9.17) is 4.74 Å². The topological polar surface area (TPSA) is 21.3 Å². The van der Waals surface area contributed by atoms with Crippen LogP contribution in [0.2, 0.25) is 0 Å². The molecule has 2 nitrogen and oxygen atoms in total. The molecule has 1 aromatic carbocycles. The molecule has 1 aliphatic rings. The van der Waals surface area contributed by atoms with Crippen LogP contribution in [0.25, 0.3) is 0 Å². The Balaban J connectivity index is 2.26. The molecule has 0 aromatic heterocycles. The SMILES string of the molecule is CCCNC(c1ccc(F)cc1)C1(OC)CCCC1. The zero-order valence-corrected chi connectivity index (χ0v) is 11.9. The molecular formula is C16H24FNO. The van der Waals surface area contributed by atoms with E-state index in [9.17, 15) is 4.39 Å². The summed E-state index contributed by atoms with van der Waals surface area (Å²) in [6.07, 6.45) is 5.64. The predicted molar refractivity (Wildman–Crippen MR) is 75.6 cm³/mol. The third-order valence-electron chi connectivity index (χ3n) is 4.18. The first-order valence-electron chi connectivity index (χ1n) is 7.26. The summed E-state index contributed by atoms with van der Waals surface area (Å²) in [5, 5.41) is 3.59. The van der Waals surface area contributed by atoms with Gasteiger partial charge in [-0.1, -0.05) is 31.9 Å². The van der Waals surface area contributed by atoms with E-state index in [2.05, 4.69) is 12.2 Å². The van der Waals surface area contributed by atoms with Crippen LogP contribution in [-0.4, -0.2) is 19.3 Å². The van der Waals surface area contributed by atoms with Crippen molar-refractivity contribution in [3.63, 3.8) is 0 Å². The van der Waals surface area contributed by atoms with Crippen molar-refractivity contribution in [2.45, 2.75) is 50.7 Å². The molecule has 1 N–H and O–H groups in total. The van der Waals surface area contributed by atoms with Crippen molar-refractivity contribution in [2.24, 2.45) is 0 Å². The van der Waals surface area contributed by atoms with Gasteiger partial charge in [0.1, 0.15) is 5.82 Å². The fourth-order valence-corrected chi connectivity index (χ4v) is 3.14. The molecular weight excluding hydrogens is 241 g/mol. The average Bonchev–Trinajstić information content (AvgIpc) is 2.91. The van der Waals surface area contributed by atoms with Gasteiger partial charge in [-0.25, -0.2) is 4.39 Å². The van der Waals surface area contributed by atoms with Gasteiger partial charge in [0.25, 0.3) is 0 Å². The average molecular weight is 265 g/mol. The van der Waals surface area contributed by atoms with Crippen LogP contribution < -0.4 is 5.32 Å². The van der Waals surface area contributed by atoms with Gasteiger partial charge >= 0.3 is 0 Å². The van der Waals surface area contributed by atoms with Crippen LogP contribution in [0.3, 0.4) is 0 Å². The van der Waals surface area contributed by atoms with Crippen LogP contribution in [0.1, 0.15) is 50.6 Å². The third kappa shape index (κ3) is 3.15. The summed E-state index contributed by atoms with van der Waals surface area (Å²) in [7, 11) is 1.80. The number of hydrogen-bond acceptors (Lipinski definition) is 2. The first-order chi connectivity index (χ1) is 9.22. The van der Waals surface area contributed by atoms with E-state index in [1.165, 1.54) is 25.0 Å². The minimum absolute atomic E-state index is 0.132. The van der Waals surface area contributed by atoms with Crippen LogP contribution >= 0.6 is 0 Å². The molecule has 2 rings (SSSR count). The molecule has 1 atom stereocenters. The zero-order chi connectivity index (χ0) is 13.7. The molecule has 0 saturated heterocycles. The van der Waals surface area contributed by atoms with Crippen molar-refractivity contribution < 1.29 is 9.13 Å². The lowest BCUT2D eigenvalue weighted by atomic mass is 9.86. The summed E-state index contributed by atoms with van der Waals surface area (Å²) in [5.41, 5.74) is 0.992. The van der Waals surface area contributed by atoms with Gasteiger partial charge in [0.15, 0.2) is 0 Å². The number of halogens is 1. The van der Waals surface area contributed by atoms with Gasteiger partial charge in [-0.3, -0.25) is 0 Å². The quantitative estimate of drug-likeness (QED) is 0.844. The Morgan fingerprint density at radius 3 is 2.42 bits per heavy atom. The van der Waals surface area contributed by atoms with Crippen LogP contribution in [0.15, 0.2) is 24.3 Å². The molecule has 0 spiro atoms. The molecule has 0 aliphatic heterocycles. The summed E-state index contributed by atoms with van der Waals surface area (Å²) in [4.78, 5) is 0. The molecule has 1 aromatic rings. The lowest BCUT2D eigenvalue weighted by Crippen LogP contribution is -2.43. The van der Waals surface area contributed by atoms with E-state index in [-0.39, 0.29) is 17.5 Å². The van der Waals surface area contributed by atoms with Crippen LogP contribution in [0, 0.1) is 5.82 Å². The first kappa shape index (κ1) is 14.5. The second-order valence-electron chi connectivity index (χ2n) is 5.41. The van der Waals surface area contributed by atoms with Gasteiger partial charge in [0, 0.05) is 7.11 Å². The lowest BCUT2D eigenvalue weighted by molar-refractivity contribution is -0.0367. The summed E-state index contributed by atoms with van der Waals surface area (Å²) >= 11 is 0. The molecule has 1 aliphatic carbocycles. The van der Waals surface area contributed by atoms with Crippen molar-refractivity contribution >= 4 is 0 Å². The Hall–Kier alpha value is -0.930. The Kier molecular flexibility index (Phi) is 4.94. The molecule has 3 heteroatoms. The van der Waals surface area contributed by atoms with Crippen molar-refractivity contribution in [3.05, 3.63) is 35.6 Å². The molecule has 0 radical (unpaired) electrons. The largest absolute Gasteiger partial charge is 0.376 e. The van der Waals surface area contributed by atoms with Crippen LogP contribution in [0.4, 0.5) is 4.39 Å². The van der Waals surface area contributed by atoms with E-state index in [0.717, 1.165) is 31.4 Å². The maximum absolute atomic E-state index is 13.1. The molecule has 0 bridgehead atoms. The zero-order valence-electron chi connectivity index (χ0n) is 11.9. The normalized spacial score (nSPS) is 19.5. The number of methoxy groups -OCH3 is 1. The number of benzene rings is 1. The van der Waals surface area contributed by atoms with Crippen molar-refractivity contribution in [2.75, 3.05) is 13.7 Å². The second kappa shape index (κ2) is 6.49. The second-order valence-corrected chi connectivity index (χ2v) is 5.41. The molecule has 106 valence electrons. The summed E-state index contributed by atoms with van der Waals surface area (Å²) in [5.74, 6) is -0.184. The Morgan fingerprint density at radius 2 is 1.89 bits per heavy atom. The highest BCUT2D eigenvalue weighted by Crippen LogP contribution is 2.42. The molecule has 1 unspecified atom stereocenters. The first-order valence-corrected chi connectivity index (χ1v) is 7.26. The maximum atomic E-state index is 13.1. The highest BCUT2D eigenvalue weighted by molar-refractivity contribution is 5.24. The molecule has 19 heavy (non-hydrogen) atoms. The van der Waals surface area contributed by atoms with Crippen LogP contribution in [-0.2, 0) is 4.74 Å². The number of nitrogens with one attached hydrogen (secondary N) is 1. The number of ether oxygens (including phenoxy) is 1. The van der Waals surface area contributed by atoms with Gasteiger partial charge in [0.05, 0.1) is 11.6 Å². The number of rotatable bonds is 6. The maximum Gasteiger partial charge on any atom is 0.123 e. The monoisotopic (exact) mass is 265 g/mol. The van der Waals surface area contributed by atoms with Gasteiger partial charge in [-0.2, -0.15) is 0 Å². The van der Waals surface area contributed by atoms with Crippen molar-refractivity contribution in [3.8, 4) is 0 Å². The fourth-order valence-electron chi connectivity index (χ4n) is 3.14. The molecule has 1 fully saturated rings. The Bertz CT molecular complexity index is 384. The minimum atomic E-state index is -0.184. The van der Waals surface area contributed by atoms with Crippen molar-refractivity contribution in [1.82, 2.24) is 5.32 Å². The minimum Gasteiger partial charge on any atom is -0.376 e. The summed E-state index contributed by atoms with van der Waals surface area (Å²) in [6.45, 7) is 3.11. The number of hydrogen-bond donors (Lipinski definition) is 1. The van der Waals surface area contributed by atoms with Gasteiger partial charge < -0.3 is 10.1 Å². The van der Waals surface area contributed by atoms with Gasteiger partial charge in [-0.05, 0) is 43.5 Å². The Labute approximate surface area is 115 Å². The van der Waals surface area contributed by atoms with E-state index in [0.29, 0.717) is 0 Å². The van der Waals surface area contributed by atoms with E-state index in [1.54, 1.807) is 7.11 Å². The van der Waals surface area contributed by atoms with Crippen LogP contribution in [0.5, 0.6) is 0 Å². The van der Waals surface area contributed by atoms with E-state index >= 15 is 0 Å². The highest BCUT2D eigenvalue weighted by atomic mass is 19.1. The fraction of sp³-hybridized carbons (Fsp3) is 0.625. The Morgan fingerprint density at radius 1 is 1.26 bits per heavy atom. The predicted octanol–water partition coefficient (Wildman–Crippen LogP) is 3.83. The van der Waals surface area contributed by atoms with E-state index in [1.807, 2.05) is 12.1 Å². The lowest BCUT2D eigenvalue weighted by Gasteiger charge is -2.37. The summed E-state index contributed by atoms with van der Waals surface area (Å²) in [6, 6.07) is 6.98. The third-order valence-corrected chi connectivity index (χ3v) is 4.18. The molecule has 1 saturated carbocycles. The van der Waals surface area contributed by atoms with Gasteiger partial charge in [-0.15, -0.1) is 0 Å². The van der Waals surface area contributed by atoms with Gasteiger partial charge in [0.2, 0.25) is 0 Å². The summed E-state index contributed by atoms with van der Waals surface area (Å²) < 4.78 is 19.0.